The van der Waals surface area contributed by atoms with Crippen LogP contribution >= 0.6 is 0 Å². The van der Waals surface area contributed by atoms with Crippen molar-refractivity contribution in [1.29, 1.82) is 0 Å². The molecule has 3 aromatic heterocycles. The maximum absolute atomic E-state index is 13.0. The van der Waals surface area contributed by atoms with Crippen molar-refractivity contribution in [3.8, 4) is 0 Å². The van der Waals surface area contributed by atoms with E-state index in [0.29, 0.717) is 6.07 Å². The summed E-state index contributed by atoms with van der Waals surface area (Å²) in [4.78, 5) is 19.5. The Hall–Kier alpha value is -3.56. The smallest absolute Gasteiger partial charge is 0.367 e. The number of anilines is 1. The molecular formula is C15H14F5N9O2. The number of hydrogen-bond donors (Lipinski definition) is 1. The molecule has 3 aromatic rings. The maximum Gasteiger partial charge on any atom is 0.433 e. The molecule has 0 saturated carbocycles. The summed E-state index contributed by atoms with van der Waals surface area (Å²) in [5.74, 6) is -1.57. The minimum Gasteiger partial charge on any atom is -0.367 e. The zero-order valence-corrected chi connectivity index (χ0v) is 15.9. The van der Waals surface area contributed by atoms with Gasteiger partial charge in [0, 0.05) is 14.1 Å². The van der Waals surface area contributed by atoms with Gasteiger partial charge in [0.15, 0.2) is 11.6 Å². The molecular weight excluding hydrogens is 433 g/mol. The number of carbonyl (C=O) groups excluding carboxylic acids is 1. The number of nitrogens with zero attached hydrogens (tertiary/aromatic N) is 8. The molecule has 0 fully saturated rings. The Labute approximate surface area is 170 Å². The van der Waals surface area contributed by atoms with Gasteiger partial charge in [-0.15, -0.1) is 0 Å². The van der Waals surface area contributed by atoms with E-state index >= 15 is 0 Å². The minimum absolute atomic E-state index is 0.0472. The highest BCUT2D eigenvalue weighted by molar-refractivity contribution is 6.04. The normalized spacial score (nSPS) is 11.9. The number of alkyl halides is 5. The fourth-order valence-corrected chi connectivity index (χ4v) is 2.42. The van der Waals surface area contributed by atoms with Crippen molar-refractivity contribution >= 4 is 11.9 Å². The number of nitrogens with one attached hydrogen (secondary N) is 1. The van der Waals surface area contributed by atoms with Crippen LogP contribution in [0.5, 0.6) is 0 Å². The molecule has 166 valence electrons. The summed E-state index contributed by atoms with van der Waals surface area (Å²) in [6.07, 6.45) is -7.62. The average Bonchev–Trinajstić information content (AvgIpc) is 3.26. The van der Waals surface area contributed by atoms with Gasteiger partial charge in [-0.05, 0) is 22.6 Å². The standard InChI is InChI=1S/C15H14F5N9O2/c1-28-12(11(16)17)22-10(25-28)6-31-5-8-7(3-4-9(21-8)15(18,19)20)13(30)23-14-24-26-27-29(14)2/h3-4,11H,5-6H2,1-2H3,(H,23,24,27,30). The first-order chi connectivity index (χ1) is 14.6. The van der Waals surface area contributed by atoms with Gasteiger partial charge in [0.05, 0.1) is 17.9 Å². The number of aromatic nitrogens is 8. The molecule has 3 rings (SSSR count). The van der Waals surface area contributed by atoms with Gasteiger partial charge in [-0.1, -0.05) is 5.10 Å². The van der Waals surface area contributed by atoms with Gasteiger partial charge in [0.2, 0.25) is 5.95 Å². The van der Waals surface area contributed by atoms with Crippen LogP contribution in [0, 0.1) is 0 Å². The van der Waals surface area contributed by atoms with Gasteiger partial charge in [0.1, 0.15) is 12.3 Å². The number of halogens is 5. The van der Waals surface area contributed by atoms with E-state index in [-0.39, 0.29) is 23.0 Å². The summed E-state index contributed by atoms with van der Waals surface area (Å²) in [5, 5.41) is 16.5. The van der Waals surface area contributed by atoms with Crippen LogP contribution in [0.3, 0.4) is 0 Å². The van der Waals surface area contributed by atoms with Gasteiger partial charge in [-0.2, -0.15) is 18.3 Å². The molecule has 0 radical (unpaired) electrons. The Morgan fingerprint density at radius 3 is 2.48 bits per heavy atom. The summed E-state index contributed by atoms with van der Waals surface area (Å²) in [5.41, 5.74) is -1.80. The molecule has 1 amide bonds. The number of aryl methyl sites for hydroxylation is 2. The molecule has 0 aromatic carbocycles. The molecule has 1 N–H and O–H groups in total. The van der Waals surface area contributed by atoms with E-state index in [1.165, 1.54) is 14.1 Å². The van der Waals surface area contributed by atoms with Gasteiger partial charge in [0.25, 0.3) is 12.3 Å². The van der Waals surface area contributed by atoms with E-state index in [2.05, 4.69) is 35.9 Å². The average molecular weight is 447 g/mol. The molecule has 16 heteroatoms. The summed E-state index contributed by atoms with van der Waals surface area (Å²) in [6.45, 7) is -0.946. The molecule has 0 saturated heterocycles. The van der Waals surface area contributed by atoms with Crippen molar-refractivity contribution in [1.82, 2.24) is 40.0 Å². The van der Waals surface area contributed by atoms with Crippen molar-refractivity contribution in [2.24, 2.45) is 14.1 Å². The highest BCUT2D eigenvalue weighted by atomic mass is 19.4. The molecule has 0 aliphatic rings. The third kappa shape index (κ3) is 5.14. The Morgan fingerprint density at radius 2 is 1.90 bits per heavy atom. The largest absolute Gasteiger partial charge is 0.433 e. The van der Waals surface area contributed by atoms with E-state index in [0.717, 1.165) is 15.4 Å². The van der Waals surface area contributed by atoms with Crippen LogP contribution in [0.25, 0.3) is 0 Å². The van der Waals surface area contributed by atoms with Crippen LogP contribution < -0.4 is 5.32 Å². The first-order valence-corrected chi connectivity index (χ1v) is 8.42. The fraction of sp³-hybridized carbons (Fsp3) is 0.400. The number of hydrogen-bond acceptors (Lipinski definition) is 8. The van der Waals surface area contributed by atoms with Crippen molar-refractivity contribution in [2.75, 3.05) is 5.32 Å². The maximum atomic E-state index is 13.0. The molecule has 0 spiro atoms. The second-order valence-electron chi connectivity index (χ2n) is 6.07. The number of amides is 1. The van der Waals surface area contributed by atoms with Gasteiger partial charge in [-0.3, -0.25) is 10.1 Å². The van der Waals surface area contributed by atoms with Crippen molar-refractivity contribution in [3.05, 3.63) is 40.7 Å². The molecule has 0 aliphatic carbocycles. The van der Waals surface area contributed by atoms with Crippen molar-refractivity contribution in [2.45, 2.75) is 25.8 Å². The van der Waals surface area contributed by atoms with E-state index in [1.54, 1.807) is 0 Å². The van der Waals surface area contributed by atoms with Gasteiger partial charge < -0.3 is 4.74 Å². The van der Waals surface area contributed by atoms with E-state index in [4.69, 9.17) is 4.74 Å². The molecule has 31 heavy (non-hydrogen) atoms. The number of pyridine rings is 1. The summed E-state index contributed by atoms with van der Waals surface area (Å²) >= 11 is 0. The number of tetrazole rings is 1. The second-order valence-corrected chi connectivity index (χ2v) is 6.07. The van der Waals surface area contributed by atoms with E-state index in [9.17, 15) is 26.7 Å². The number of ether oxygens (including phenoxy) is 1. The third-order valence-electron chi connectivity index (χ3n) is 3.86. The first kappa shape index (κ1) is 22.1. The lowest BCUT2D eigenvalue weighted by Crippen LogP contribution is -2.20. The van der Waals surface area contributed by atoms with Gasteiger partial charge >= 0.3 is 6.18 Å². The molecule has 11 nitrogen and oxygen atoms in total. The summed E-state index contributed by atoms with van der Waals surface area (Å²) in [7, 11) is 2.70. The lowest BCUT2D eigenvalue weighted by Gasteiger charge is -2.12. The Balaban J connectivity index is 1.80. The first-order valence-electron chi connectivity index (χ1n) is 8.42. The lowest BCUT2D eigenvalue weighted by molar-refractivity contribution is -0.141. The summed E-state index contributed by atoms with van der Waals surface area (Å²) in [6, 6.07) is 1.57. The van der Waals surface area contributed by atoms with Crippen LogP contribution in [0.2, 0.25) is 0 Å². The highest BCUT2D eigenvalue weighted by Crippen LogP contribution is 2.28. The van der Waals surface area contributed by atoms with Crippen molar-refractivity contribution < 1.29 is 31.5 Å². The number of carbonyl (C=O) groups is 1. The number of rotatable bonds is 7. The van der Waals surface area contributed by atoms with Crippen LogP contribution in [0.1, 0.15) is 39.8 Å². The molecule has 3 heterocycles. The molecule has 0 bridgehead atoms. The SMILES string of the molecule is Cn1nnnc1NC(=O)c1ccc(C(F)(F)F)nc1COCc1nc(C(F)F)n(C)n1. The molecule has 0 aliphatic heterocycles. The Kier molecular flexibility index (Phi) is 6.19. The Bertz CT molecular complexity index is 1080. The van der Waals surface area contributed by atoms with Crippen LogP contribution in [-0.4, -0.2) is 45.9 Å². The minimum atomic E-state index is -4.76. The lowest BCUT2D eigenvalue weighted by atomic mass is 10.1. The molecule has 0 unspecified atom stereocenters. The Morgan fingerprint density at radius 1 is 1.16 bits per heavy atom. The van der Waals surface area contributed by atoms with Crippen LogP contribution in [0.4, 0.5) is 27.9 Å². The predicted octanol–water partition coefficient (Wildman–Crippen LogP) is 1.66. The zero-order chi connectivity index (χ0) is 22.8. The van der Waals surface area contributed by atoms with E-state index < -0.39 is 43.2 Å². The van der Waals surface area contributed by atoms with Gasteiger partial charge in [-0.25, -0.2) is 28.1 Å². The van der Waals surface area contributed by atoms with E-state index in [1.807, 2.05) is 0 Å². The third-order valence-corrected chi connectivity index (χ3v) is 3.86. The van der Waals surface area contributed by atoms with Crippen molar-refractivity contribution in [3.63, 3.8) is 0 Å². The molecule has 0 atom stereocenters. The monoisotopic (exact) mass is 447 g/mol. The second kappa shape index (κ2) is 8.66. The zero-order valence-electron chi connectivity index (χ0n) is 15.9. The highest BCUT2D eigenvalue weighted by Gasteiger charge is 2.33. The topological polar surface area (TPSA) is 126 Å². The summed E-state index contributed by atoms with van der Waals surface area (Å²) < 4.78 is 71.9. The van der Waals surface area contributed by atoms with Crippen LogP contribution in [0.15, 0.2) is 12.1 Å². The van der Waals surface area contributed by atoms with Crippen LogP contribution in [-0.2, 0) is 38.2 Å². The quantitative estimate of drug-likeness (QED) is 0.542. The predicted molar refractivity (Wildman–Crippen MR) is 90.4 cm³/mol. The fourth-order valence-electron chi connectivity index (χ4n) is 2.42.